The van der Waals surface area contributed by atoms with Crippen molar-refractivity contribution in [2.24, 2.45) is 0 Å². The first-order chi connectivity index (χ1) is 6.13. The van der Waals surface area contributed by atoms with Gasteiger partial charge in [0.2, 0.25) is 0 Å². The molecule has 0 heterocycles. The topological polar surface area (TPSA) is 32.3 Å². The largest absolute Gasteiger partial charge is 0.391 e. The normalized spacial score (nSPS) is 10.4. The fourth-order valence-electron chi connectivity index (χ4n) is 0.942. The van der Waals surface area contributed by atoms with E-state index < -0.39 is 0 Å². The third kappa shape index (κ3) is 5.86. The lowest BCUT2D eigenvalue weighted by Crippen LogP contribution is -2.24. The van der Waals surface area contributed by atoms with Gasteiger partial charge >= 0.3 is 0 Å². The zero-order valence-electron chi connectivity index (χ0n) is 9.46. The number of nitrogens with one attached hydrogen (secondary N) is 1. The Bertz CT molecular complexity index is 191. The van der Waals surface area contributed by atoms with Crippen LogP contribution in [0.3, 0.4) is 0 Å². The van der Waals surface area contributed by atoms with Crippen LogP contribution < -0.4 is 5.32 Å². The SMILES string of the molecule is CCCNC=C(CC)C(=O)N(C)C.Cl. The number of carbonyl (C=O) groups is 1. The number of likely N-dealkylation sites (N-methyl/N-ethyl adjacent to an activating group) is 1. The summed E-state index contributed by atoms with van der Waals surface area (Å²) in [7, 11) is 3.54. The van der Waals surface area contributed by atoms with Crippen LogP contribution in [-0.4, -0.2) is 31.4 Å². The molecule has 0 aromatic rings. The molecule has 0 aromatic heterocycles. The standard InChI is InChI=1S/C10H20N2O.ClH/c1-5-7-11-8-9(6-2)10(13)12(3)4;/h8,11H,5-7H2,1-4H3;1H. The summed E-state index contributed by atoms with van der Waals surface area (Å²) in [5.74, 6) is 0.0890. The van der Waals surface area contributed by atoms with Crippen molar-refractivity contribution in [2.45, 2.75) is 26.7 Å². The Kier molecular flexibility index (Phi) is 9.99. The summed E-state index contributed by atoms with van der Waals surface area (Å²) in [4.78, 5) is 13.1. The van der Waals surface area contributed by atoms with Gasteiger partial charge in [0, 0.05) is 32.4 Å². The Morgan fingerprint density at radius 3 is 2.29 bits per heavy atom. The average molecular weight is 221 g/mol. The number of nitrogens with zero attached hydrogens (tertiary/aromatic N) is 1. The molecule has 0 aliphatic rings. The van der Waals surface area contributed by atoms with E-state index >= 15 is 0 Å². The maximum atomic E-state index is 11.5. The highest BCUT2D eigenvalue weighted by atomic mass is 35.5. The summed E-state index contributed by atoms with van der Waals surface area (Å²) in [5, 5.41) is 3.11. The van der Waals surface area contributed by atoms with Crippen molar-refractivity contribution in [1.29, 1.82) is 0 Å². The first-order valence-corrected chi connectivity index (χ1v) is 4.77. The minimum absolute atomic E-state index is 0. The second kappa shape index (κ2) is 8.88. The zero-order valence-corrected chi connectivity index (χ0v) is 10.3. The Balaban J connectivity index is 0. The molecule has 0 spiro atoms. The van der Waals surface area contributed by atoms with Gasteiger partial charge in [-0.05, 0) is 12.8 Å². The molecular formula is C10H21ClN2O. The fourth-order valence-corrected chi connectivity index (χ4v) is 0.942. The minimum Gasteiger partial charge on any atom is -0.391 e. The maximum Gasteiger partial charge on any atom is 0.250 e. The number of hydrogen-bond acceptors (Lipinski definition) is 2. The molecule has 0 saturated carbocycles. The van der Waals surface area contributed by atoms with Gasteiger partial charge in [-0.3, -0.25) is 4.79 Å². The van der Waals surface area contributed by atoms with Crippen molar-refractivity contribution in [3.63, 3.8) is 0 Å². The Morgan fingerprint density at radius 1 is 1.36 bits per heavy atom. The van der Waals surface area contributed by atoms with E-state index in [0.717, 1.165) is 25.0 Å². The molecule has 0 aliphatic heterocycles. The molecule has 0 rings (SSSR count). The van der Waals surface area contributed by atoms with Crippen molar-refractivity contribution in [3.8, 4) is 0 Å². The molecule has 0 aromatic carbocycles. The molecule has 0 fully saturated rings. The molecule has 1 N–H and O–H groups in total. The van der Waals surface area contributed by atoms with Gasteiger partial charge in [-0.25, -0.2) is 0 Å². The molecule has 0 radical (unpaired) electrons. The number of halogens is 1. The van der Waals surface area contributed by atoms with Crippen LogP contribution in [0.15, 0.2) is 11.8 Å². The summed E-state index contributed by atoms with van der Waals surface area (Å²) in [6.45, 7) is 5.01. The van der Waals surface area contributed by atoms with E-state index in [2.05, 4.69) is 12.2 Å². The molecule has 3 nitrogen and oxygen atoms in total. The summed E-state index contributed by atoms with van der Waals surface area (Å²) in [6, 6.07) is 0. The highest BCUT2D eigenvalue weighted by Gasteiger charge is 2.08. The van der Waals surface area contributed by atoms with Gasteiger partial charge in [0.15, 0.2) is 0 Å². The minimum atomic E-state index is 0. The van der Waals surface area contributed by atoms with Gasteiger partial charge in [-0.15, -0.1) is 12.4 Å². The second-order valence-corrected chi connectivity index (χ2v) is 3.18. The van der Waals surface area contributed by atoms with E-state index in [1.54, 1.807) is 19.0 Å². The predicted octanol–water partition coefficient (Wildman–Crippen LogP) is 1.79. The monoisotopic (exact) mass is 220 g/mol. The van der Waals surface area contributed by atoms with E-state index in [9.17, 15) is 4.79 Å². The van der Waals surface area contributed by atoms with Crippen LogP contribution >= 0.6 is 12.4 Å². The molecule has 1 amide bonds. The lowest BCUT2D eigenvalue weighted by atomic mass is 10.2. The summed E-state index contributed by atoms with van der Waals surface area (Å²) in [5.41, 5.74) is 0.832. The van der Waals surface area contributed by atoms with Crippen LogP contribution in [0.5, 0.6) is 0 Å². The van der Waals surface area contributed by atoms with Gasteiger partial charge in [-0.2, -0.15) is 0 Å². The van der Waals surface area contributed by atoms with Crippen LogP contribution in [0.2, 0.25) is 0 Å². The third-order valence-corrected chi connectivity index (χ3v) is 1.73. The third-order valence-electron chi connectivity index (χ3n) is 1.73. The number of hydrogen-bond donors (Lipinski definition) is 1. The van der Waals surface area contributed by atoms with Crippen LogP contribution in [0, 0.1) is 0 Å². The molecule has 0 unspecified atom stereocenters. The van der Waals surface area contributed by atoms with Crippen molar-refractivity contribution in [1.82, 2.24) is 10.2 Å². The van der Waals surface area contributed by atoms with Crippen molar-refractivity contribution < 1.29 is 4.79 Å². The van der Waals surface area contributed by atoms with Gasteiger partial charge in [0.05, 0.1) is 0 Å². The molecule has 0 aliphatic carbocycles. The van der Waals surface area contributed by atoms with E-state index in [4.69, 9.17) is 0 Å². The van der Waals surface area contributed by atoms with Gasteiger partial charge in [0.1, 0.15) is 0 Å². The quantitative estimate of drug-likeness (QED) is 0.566. The maximum absolute atomic E-state index is 11.5. The first-order valence-electron chi connectivity index (χ1n) is 4.77. The lowest BCUT2D eigenvalue weighted by Gasteiger charge is -2.12. The molecule has 0 atom stereocenters. The van der Waals surface area contributed by atoms with Gasteiger partial charge < -0.3 is 10.2 Å². The summed E-state index contributed by atoms with van der Waals surface area (Å²) >= 11 is 0. The number of rotatable bonds is 5. The lowest BCUT2D eigenvalue weighted by molar-refractivity contribution is -0.124. The Morgan fingerprint density at radius 2 is 1.93 bits per heavy atom. The Labute approximate surface area is 93.0 Å². The number of carbonyl (C=O) groups excluding carboxylic acids is 1. The highest BCUT2D eigenvalue weighted by molar-refractivity contribution is 5.92. The van der Waals surface area contributed by atoms with E-state index in [-0.39, 0.29) is 18.3 Å². The molecule has 84 valence electrons. The predicted molar refractivity (Wildman–Crippen MR) is 62.6 cm³/mol. The van der Waals surface area contributed by atoms with E-state index in [0.29, 0.717) is 0 Å². The van der Waals surface area contributed by atoms with Gasteiger partial charge in [-0.1, -0.05) is 13.8 Å². The van der Waals surface area contributed by atoms with Crippen LogP contribution in [-0.2, 0) is 4.79 Å². The van der Waals surface area contributed by atoms with E-state index in [1.165, 1.54) is 0 Å². The zero-order chi connectivity index (χ0) is 10.3. The molecular weight excluding hydrogens is 200 g/mol. The molecule has 0 bridgehead atoms. The number of amides is 1. The average Bonchev–Trinajstić information content (AvgIpc) is 2.11. The first kappa shape index (κ1) is 15.8. The Hall–Kier alpha value is -0.700. The summed E-state index contributed by atoms with van der Waals surface area (Å²) < 4.78 is 0. The summed E-state index contributed by atoms with van der Waals surface area (Å²) in [6.07, 6.45) is 3.67. The highest BCUT2D eigenvalue weighted by Crippen LogP contribution is 2.02. The molecule has 0 saturated heterocycles. The van der Waals surface area contributed by atoms with Crippen molar-refractivity contribution in [3.05, 3.63) is 11.8 Å². The van der Waals surface area contributed by atoms with Crippen molar-refractivity contribution >= 4 is 18.3 Å². The van der Waals surface area contributed by atoms with Crippen LogP contribution in [0.4, 0.5) is 0 Å². The fraction of sp³-hybridized carbons (Fsp3) is 0.700. The van der Waals surface area contributed by atoms with Crippen molar-refractivity contribution in [2.75, 3.05) is 20.6 Å². The smallest absolute Gasteiger partial charge is 0.250 e. The molecule has 14 heavy (non-hydrogen) atoms. The van der Waals surface area contributed by atoms with Crippen LogP contribution in [0.1, 0.15) is 26.7 Å². The van der Waals surface area contributed by atoms with Gasteiger partial charge in [0.25, 0.3) is 5.91 Å². The molecule has 4 heteroatoms. The van der Waals surface area contributed by atoms with Crippen LogP contribution in [0.25, 0.3) is 0 Å². The second-order valence-electron chi connectivity index (χ2n) is 3.18. The van der Waals surface area contributed by atoms with E-state index in [1.807, 2.05) is 13.1 Å².